The lowest BCUT2D eigenvalue weighted by molar-refractivity contribution is 0.498. The smallest absolute Gasteiger partial charge is 0.199 e. The van der Waals surface area contributed by atoms with Crippen molar-refractivity contribution in [2.75, 3.05) is 6.54 Å². The number of fused-ring (bicyclic) bond motifs is 1. The number of para-hydroxylation sites is 1. The minimum absolute atomic E-state index is 0.514. The molecule has 1 fully saturated rings. The lowest BCUT2D eigenvalue weighted by atomic mass is 10.1. The number of hydrogen-bond donors (Lipinski definition) is 1. The van der Waals surface area contributed by atoms with E-state index in [4.69, 9.17) is 16.0 Å². The molecule has 1 aromatic heterocycles. The third kappa shape index (κ3) is 2.20. The maximum absolute atomic E-state index is 6.13. The largest absolute Gasteiger partial charge is 0.444 e. The molecule has 1 heterocycles. The monoisotopic (exact) mass is 249 g/mol. The Morgan fingerprint density at radius 3 is 2.88 bits per heavy atom. The molecule has 0 radical (unpaired) electrons. The Hall–Kier alpha value is -0.990. The van der Waals surface area contributed by atoms with Crippen LogP contribution in [0.25, 0.3) is 11.0 Å². The van der Waals surface area contributed by atoms with E-state index in [1.807, 2.05) is 18.2 Å². The van der Waals surface area contributed by atoms with Crippen LogP contribution in [-0.4, -0.2) is 6.54 Å². The highest BCUT2D eigenvalue weighted by molar-refractivity contribution is 6.30. The Labute approximate surface area is 106 Å². The lowest BCUT2D eigenvalue weighted by Gasteiger charge is -2.09. The van der Waals surface area contributed by atoms with Crippen LogP contribution in [0.5, 0.6) is 0 Å². The Morgan fingerprint density at radius 2 is 2.12 bits per heavy atom. The van der Waals surface area contributed by atoms with Crippen molar-refractivity contribution in [3.8, 4) is 0 Å². The maximum Gasteiger partial charge on any atom is 0.199 e. The first-order valence-electron chi connectivity index (χ1n) is 6.05. The second-order valence-electron chi connectivity index (χ2n) is 5.26. The molecule has 3 rings (SSSR count). The van der Waals surface area contributed by atoms with Gasteiger partial charge in [0.1, 0.15) is 5.58 Å². The molecule has 2 aromatic rings. The summed E-state index contributed by atoms with van der Waals surface area (Å²) >= 11 is 6.13. The van der Waals surface area contributed by atoms with Gasteiger partial charge in [0.05, 0.1) is 0 Å². The summed E-state index contributed by atoms with van der Waals surface area (Å²) in [6.07, 6.45) is 2.67. The van der Waals surface area contributed by atoms with Gasteiger partial charge in [-0.3, -0.25) is 0 Å². The van der Waals surface area contributed by atoms with Crippen molar-refractivity contribution >= 4 is 22.6 Å². The van der Waals surface area contributed by atoms with Crippen molar-refractivity contribution in [1.29, 1.82) is 0 Å². The van der Waals surface area contributed by atoms with Gasteiger partial charge in [0, 0.05) is 24.0 Å². The third-order valence-corrected chi connectivity index (χ3v) is 3.91. The van der Waals surface area contributed by atoms with E-state index >= 15 is 0 Å². The van der Waals surface area contributed by atoms with E-state index in [-0.39, 0.29) is 0 Å². The zero-order chi connectivity index (χ0) is 11.9. The Bertz CT molecular complexity index is 542. The number of benzene rings is 1. The number of halogens is 1. The third-order valence-electron chi connectivity index (χ3n) is 3.61. The maximum atomic E-state index is 6.13. The summed E-state index contributed by atoms with van der Waals surface area (Å²) < 4.78 is 5.52. The van der Waals surface area contributed by atoms with Gasteiger partial charge in [-0.05, 0) is 35.9 Å². The van der Waals surface area contributed by atoms with Crippen LogP contribution >= 0.6 is 11.6 Å². The number of rotatable bonds is 4. The van der Waals surface area contributed by atoms with Gasteiger partial charge in [-0.25, -0.2) is 0 Å². The summed E-state index contributed by atoms with van der Waals surface area (Å²) in [6, 6.07) is 7.98. The summed E-state index contributed by atoms with van der Waals surface area (Å²) in [6.45, 7) is 4.16. The molecule has 1 aromatic carbocycles. The highest BCUT2D eigenvalue weighted by Crippen LogP contribution is 2.44. The van der Waals surface area contributed by atoms with Crippen LogP contribution in [0.1, 0.15) is 25.3 Å². The molecular weight excluding hydrogens is 234 g/mol. The molecule has 0 saturated heterocycles. The van der Waals surface area contributed by atoms with E-state index in [1.54, 1.807) is 0 Å². The van der Waals surface area contributed by atoms with Gasteiger partial charge in [0.2, 0.25) is 0 Å². The minimum Gasteiger partial charge on any atom is -0.444 e. The molecule has 0 spiro atoms. The zero-order valence-electron chi connectivity index (χ0n) is 9.92. The van der Waals surface area contributed by atoms with E-state index < -0.39 is 0 Å². The Morgan fingerprint density at radius 1 is 1.35 bits per heavy atom. The zero-order valence-corrected chi connectivity index (χ0v) is 10.7. The van der Waals surface area contributed by atoms with E-state index in [2.05, 4.69) is 18.3 Å². The molecule has 0 aliphatic heterocycles. The predicted molar refractivity (Wildman–Crippen MR) is 70.3 cm³/mol. The summed E-state index contributed by atoms with van der Waals surface area (Å²) in [5, 5.41) is 5.11. The van der Waals surface area contributed by atoms with Gasteiger partial charge in [0.15, 0.2) is 5.22 Å². The van der Waals surface area contributed by atoms with Gasteiger partial charge in [-0.1, -0.05) is 25.1 Å². The standard InChI is InChI=1S/C14H16ClNO/c1-14(6-7-14)9-16-8-11-10-4-2-3-5-12(10)17-13(11)15/h2-5,16H,6-9H2,1H3. The van der Waals surface area contributed by atoms with E-state index in [0.717, 1.165) is 29.6 Å². The van der Waals surface area contributed by atoms with Gasteiger partial charge < -0.3 is 9.73 Å². The summed E-state index contributed by atoms with van der Waals surface area (Å²) in [7, 11) is 0. The van der Waals surface area contributed by atoms with Crippen LogP contribution in [0.2, 0.25) is 5.22 Å². The fourth-order valence-corrected chi connectivity index (χ4v) is 2.36. The quantitative estimate of drug-likeness (QED) is 0.887. The molecule has 90 valence electrons. The molecule has 1 N–H and O–H groups in total. The van der Waals surface area contributed by atoms with Crippen LogP contribution in [0.15, 0.2) is 28.7 Å². The van der Waals surface area contributed by atoms with Gasteiger partial charge in [0.25, 0.3) is 0 Å². The van der Waals surface area contributed by atoms with Crippen LogP contribution in [0, 0.1) is 5.41 Å². The normalized spacial score (nSPS) is 17.5. The van der Waals surface area contributed by atoms with Crippen molar-refractivity contribution in [3.05, 3.63) is 35.0 Å². The molecular formula is C14H16ClNO. The number of nitrogens with one attached hydrogen (secondary N) is 1. The minimum atomic E-state index is 0.514. The fraction of sp³-hybridized carbons (Fsp3) is 0.429. The van der Waals surface area contributed by atoms with Crippen LogP contribution < -0.4 is 5.32 Å². The molecule has 0 unspecified atom stereocenters. The summed E-state index contributed by atoms with van der Waals surface area (Å²) in [5.74, 6) is 0. The van der Waals surface area contributed by atoms with Crippen molar-refractivity contribution in [2.45, 2.75) is 26.3 Å². The number of hydrogen-bond acceptors (Lipinski definition) is 2. The topological polar surface area (TPSA) is 25.2 Å². The Balaban J connectivity index is 1.77. The van der Waals surface area contributed by atoms with Crippen molar-refractivity contribution < 1.29 is 4.42 Å². The summed E-state index contributed by atoms with van der Waals surface area (Å²) in [4.78, 5) is 0. The van der Waals surface area contributed by atoms with E-state index in [9.17, 15) is 0 Å². The summed E-state index contributed by atoms with van der Waals surface area (Å²) in [5.41, 5.74) is 2.46. The fourth-order valence-electron chi connectivity index (χ4n) is 2.11. The van der Waals surface area contributed by atoms with Gasteiger partial charge >= 0.3 is 0 Å². The first-order valence-corrected chi connectivity index (χ1v) is 6.42. The molecule has 3 heteroatoms. The van der Waals surface area contributed by atoms with Crippen molar-refractivity contribution in [3.63, 3.8) is 0 Å². The Kier molecular flexibility index (Phi) is 2.64. The molecule has 1 aliphatic carbocycles. The molecule has 1 aliphatic rings. The van der Waals surface area contributed by atoms with Crippen LogP contribution in [0.3, 0.4) is 0 Å². The van der Waals surface area contributed by atoms with E-state index in [0.29, 0.717) is 10.6 Å². The van der Waals surface area contributed by atoms with E-state index in [1.165, 1.54) is 12.8 Å². The second kappa shape index (κ2) is 4.04. The lowest BCUT2D eigenvalue weighted by Crippen LogP contribution is -2.21. The van der Waals surface area contributed by atoms with Crippen molar-refractivity contribution in [1.82, 2.24) is 5.32 Å². The molecule has 17 heavy (non-hydrogen) atoms. The van der Waals surface area contributed by atoms with Crippen LogP contribution in [-0.2, 0) is 6.54 Å². The van der Waals surface area contributed by atoms with Crippen LogP contribution in [0.4, 0.5) is 0 Å². The second-order valence-corrected chi connectivity index (χ2v) is 5.61. The molecule has 2 nitrogen and oxygen atoms in total. The SMILES string of the molecule is CC1(CNCc2c(Cl)oc3ccccc23)CC1. The van der Waals surface area contributed by atoms with Crippen molar-refractivity contribution in [2.24, 2.45) is 5.41 Å². The average molecular weight is 250 g/mol. The molecule has 1 saturated carbocycles. The highest BCUT2D eigenvalue weighted by Gasteiger charge is 2.36. The first-order chi connectivity index (χ1) is 8.18. The molecule has 0 bridgehead atoms. The predicted octanol–water partition coefficient (Wildman–Crippen LogP) is 3.98. The number of furan rings is 1. The highest BCUT2D eigenvalue weighted by atomic mass is 35.5. The van der Waals surface area contributed by atoms with Gasteiger partial charge in [-0.15, -0.1) is 0 Å². The average Bonchev–Trinajstić information content (AvgIpc) is 2.95. The molecule has 0 amide bonds. The molecule has 0 atom stereocenters. The van der Waals surface area contributed by atoms with Gasteiger partial charge in [-0.2, -0.15) is 0 Å². The first kappa shape index (κ1) is 11.1.